The molecule has 0 amide bonds. The van der Waals surface area contributed by atoms with Gasteiger partial charge in [0.1, 0.15) is 0 Å². The molecule has 0 saturated carbocycles. The van der Waals surface area contributed by atoms with Crippen molar-refractivity contribution in [3.05, 3.63) is 11.3 Å². The normalized spacial score (nSPS) is 15.8. The van der Waals surface area contributed by atoms with Crippen LogP contribution in [0, 0.1) is 6.92 Å². The molecule has 3 heteroatoms. The minimum absolute atomic E-state index is 0.798. The summed E-state index contributed by atoms with van der Waals surface area (Å²) in [6.45, 7) is 3.14. The maximum Gasteiger partial charge on any atom is 0.235 e. The fraction of sp³-hybridized carbons (Fsp3) is 0.667. The molecule has 0 aliphatic carbocycles. The first kappa shape index (κ1) is 7.65. The second-order valence-electron chi connectivity index (χ2n) is 3.26. The molecule has 0 spiro atoms. The molecular formula is C9H14N2O. The van der Waals surface area contributed by atoms with E-state index in [-0.39, 0.29) is 0 Å². The third kappa shape index (κ3) is 1.00. The van der Waals surface area contributed by atoms with Gasteiger partial charge in [0, 0.05) is 17.8 Å². The van der Waals surface area contributed by atoms with Gasteiger partial charge in [0.25, 0.3) is 0 Å². The fourth-order valence-corrected chi connectivity index (χ4v) is 1.81. The Balaban J connectivity index is 2.44. The average Bonchev–Trinajstić information content (AvgIpc) is 2.44. The van der Waals surface area contributed by atoms with E-state index in [0.29, 0.717) is 0 Å². The Kier molecular flexibility index (Phi) is 1.79. The quantitative estimate of drug-likeness (QED) is 0.632. The summed E-state index contributed by atoms with van der Waals surface area (Å²) in [5.41, 5.74) is 2.58. The molecule has 1 aliphatic rings. The zero-order valence-corrected chi connectivity index (χ0v) is 7.63. The van der Waals surface area contributed by atoms with Crippen molar-refractivity contribution >= 4 is 0 Å². The Morgan fingerprint density at radius 1 is 1.42 bits per heavy atom. The SMILES string of the molecule is COc1nn2c(c1C)CCCC2. The van der Waals surface area contributed by atoms with Gasteiger partial charge in [-0.15, -0.1) is 5.10 Å². The number of methoxy groups -OCH3 is 1. The molecule has 1 aliphatic heterocycles. The van der Waals surface area contributed by atoms with Crippen LogP contribution in [0.5, 0.6) is 5.88 Å². The summed E-state index contributed by atoms with van der Waals surface area (Å²) in [5, 5.41) is 4.36. The molecule has 0 aromatic carbocycles. The molecule has 2 rings (SSSR count). The van der Waals surface area contributed by atoms with E-state index in [1.165, 1.54) is 24.1 Å². The summed E-state index contributed by atoms with van der Waals surface area (Å²) in [6.07, 6.45) is 3.69. The van der Waals surface area contributed by atoms with Crippen LogP contribution in [0.3, 0.4) is 0 Å². The summed E-state index contributed by atoms with van der Waals surface area (Å²) >= 11 is 0. The topological polar surface area (TPSA) is 27.1 Å². The second kappa shape index (κ2) is 2.81. The van der Waals surface area contributed by atoms with E-state index in [1.54, 1.807) is 7.11 Å². The molecule has 0 fully saturated rings. The van der Waals surface area contributed by atoms with E-state index in [4.69, 9.17) is 4.74 Å². The molecule has 0 radical (unpaired) electrons. The molecule has 2 heterocycles. The Labute approximate surface area is 72.3 Å². The van der Waals surface area contributed by atoms with E-state index < -0.39 is 0 Å². The number of hydrogen-bond acceptors (Lipinski definition) is 2. The first-order chi connectivity index (χ1) is 5.83. The molecular weight excluding hydrogens is 152 g/mol. The van der Waals surface area contributed by atoms with E-state index in [0.717, 1.165) is 18.8 Å². The third-order valence-electron chi connectivity index (χ3n) is 2.50. The molecule has 12 heavy (non-hydrogen) atoms. The van der Waals surface area contributed by atoms with Crippen molar-refractivity contribution in [3.8, 4) is 5.88 Å². The first-order valence-electron chi connectivity index (χ1n) is 4.43. The minimum Gasteiger partial charge on any atom is -0.480 e. The highest BCUT2D eigenvalue weighted by Gasteiger charge is 2.16. The third-order valence-corrected chi connectivity index (χ3v) is 2.50. The summed E-state index contributed by atoms with van der Waals surface area (Å²) in [6, 6.07) is 0. The highest BCUT2D eigenvalue weighted by atomic mass is 16.5. The second-order valence-corrected chi connectivity index (χ2v) is 3.26. The van der Waals surface area contributed by atoms with Gasteiger partial charge in [0.15, 0.2) is 0 Å². The number of rotatable bonds is 1. The largest absolute Gasteiger partial charge is 0.480 e. The molecule has 1 aromatic rings. The Hall–Kier alpha value is -0.990. The lowest BCUT2D eigenvalue weighted by Crippen LogP contribution is -2.11. The van der Waals surface area contributed by atoms with Crippen LogP contribution in [0.25, 0.3) is 0 Å². The van der Waals surface area contributed by atoms with Gasteiger partial charge < -0.3 is 4.74 Å². The maximum atomic E-state index is 5.17. The van der Waals surface area contributed by atoms with Gasteiger partial charge in [-0.2, -0.15) is 0 Å². The highest BCUT2D eigenvalue weighted by molar-refractivity contribution is 5.30. The predicted molar refractivity (Wildman–Crippen MR) is 46.5 cm³/mol. The van der Waals surface area contributed by atoms with Gasteiger partial charge >= 0.3 is 0 Å². The highest BCUT2D eigenvalue weighted by Crippen LogP contribution is 2.24. The lowest BCUT2D eigenvalue weighted by atomic mass is 10.1. The van der Waals surface area contributed by atoms with E-state index in [1.807, 2.05) is 0 Å². The monoisotopic (exact) mass is 166 g/mol. The summed E-state index contributed by atoms with van der Waals surface area (Å²) in [7, 11) is 1.68. The molecule has 0 unspecified atom stereocenters. The molecule has 0 atom stereocenters. The standard InChI is InChI=1S/C9H14N2O/c1-7-8-5-3-4-6-11(8)10-9(7)12-2/h3-6H2,1-2H3. The average molecular weight is 166 g/mol. The predicted octanol–water partition coefficient (Wildman–Crippen LogP) is 1.54. The lowest BCUT2D eigenvalue weighted by molar-refractivity contribution is 0.382. The zero-order valence-electron chi connectivity index (χ0n) is 7.63. The molecule has 0 N–H and O–H groups in total. The zero-order chi connectivity index (χ0) is 8.55. The van der Waals surface area contributed by atoms with Crippen LogP contribution in [0.15, 0.2) is 0 Å². The van der Waals surface area contributed by atoms with Crippen molar-refractivity contribution < 1.29 is 4.74 Å². The van der Waals surface area contributed by atoms with Crippen molar-refractivity contribution in [3.63, 3.8) is 0 Å². The van der Waals surface area contributed by atoms with Gasteiger partial charge in [0.2, 0.25) is 5.88 Å². The van der Waals surface area contributed by atoms with Crippen LogP contribution in [0.2, 0.25) is 0 Å². The van der Waals surface area contributed by atoms with Crippen molar-refractivity contribution in [1.29, 1.82) is 0 Å². The van der Waals surface area contributed by atoms with E-state index in [9.17, 15) is 0 Å². The summed E-state index contributed by atoms with van der Waals surface area (Å²) < 4.78 is 7.25. The van der Waals surface area contributed by atoms with Crippen molar-refractivity contribution in [1.82, 2.24) is 9.78 Å². The number of aromatic nitrogens is 2. The van der Waals surface area contributed by atoms with Gasteiger partial charge in [-0.25, -0.2) is 0 Å². The van der Waals surface area contributed by atoms with Crippen molar-refractivity contribution in [2.45, 2.75) is 32.7 Å². The van der Waals surface area contributed by atoms with Crippen molar-refractivity contribution in [2.75, 3.05) is 7.11 Å². The lowest BCUT2D eigenvalue weighted by Gasteiger charge is -2.12. The van der Waals surface area contributed by atoms with Crippen LogP contribution < -0.4 is 4.74 Å². The number of aryl methyl sites for hydroxylation is 1. The summed E-state index contributed by atoms with van der Waals surface area (Å²) in [4.78, 5) is 0. The fourth-order valence-electron chi connectivity index (χ4n) is 1.81. The van der Waals surface area contributed by atoms with Gasteiger partial charge in [-0.05, 0) is 26.2 Å². The molecule has 1 aromatic heterocycles. The maximum absolute atomic E-state index is 5.17. The molecule has 3 nitrogen and oxygen atoms in total. The summed E-state index contributed by atoms with van der Waals surface area (Å²) in [5.74, 6) is 0.798. The van der Waals surface area contributed by atoms with E-state index in [2.05, 4.69) is 16.7 Å². The van der Waals surface area contributed by atoms with Crippen LogP contribution in [0.1, 0.15) is 24.1 Å². The number of fused-ring (bicyclic) bond motifs is 1. The van der Waals surface area contributed by atoms with Crippen LogP contribution in [-0.2, 0) is 13.0 Å². The Morgan fingerprint density at radius 2 is 2.25 bits per heavy atom. The molecule has 0 saturated heterocycles. The molecule has 0 bridgehead atoms. The smallest absolute Gasteiger partial charge is 0.235 e. The minimum atomic E-state index is 0.798. The number of hydrogen-bond donors (Lipinski definition) is 0. The van der Waals surface area contributed by atoms with Crippen molar-refractivity contribution in [2.24, 2.45) is 0 Å². The number of nitrogens with zero attached hydrogens (tertiary/aromatic N) is 2. The van der Waals surface area contributed by atoms with E-state index >= 15 is 0 Å². The Morgan fingerprint density at radius 3 is 2.92 bits per heavy atom. The first-order valence-corrected chi connectivity index (χ1v) is 4.43. The van der Waals surface area contributed by atoms with Gasteiger partial charge in [-0.1, -0.05) is 0 Å². The van der Waals surface area contributed by atoms with Crippen LogP contribution in [-0.4, -0.2) is 16.9 Å². The number of ether oxygens (including phenoxy) is 1. The van der Waals surface area contributed by atoms with Crippen LogP contribution in [0.4, 0.5) is 0 Å². The van der Waals surface area contributed by atoms with Crippen LogP contribution >= 0.6 is 0 Å². The Bertz CT molecular complexity index is 291. The molecule has 66 valence electrons. The van der Waals surface area contributed by atoms with Gasteiger partial charge in [-0.3, -0.25) is 4.68 Å². The van der Waals surface area contributed by atoms with Gasteiger partial charge in [0.05, 0.1) is 7.11 Å².